The maximum Gasteiger partial charge on any atom is 0.303 e. The number of hydrogen-bond acceptors (Lipinski definition) is 6. The monoisotopic (exact) mass is 642 g/mol. The molecule has 12 heteroatoms. The number of ether oxygens (including phenoxy) is 1. The number of fused-ring (bicyclic) bond motifs is 5. The first-order valence-corrected chi connectivity index (χ1v) is 18.3. The third-order valence-electron chi connectivity index (χ3n) is 9.73. The highest BCUT2D eigenvalue weighted by Gasteiger charge is 2.47. The zero-order chi connectivity index (χ0) is 31.4. The topological polar surface area (TPSA) is 118 Å². The van der Waals surface area contributed by atoms with Crippen LogP contribution in [0.25, 0.3) is 22.2 Å². The van der Waals surface area contributed by atoms with Crippen molar-refractivity contribution >= 4 is 37.0 Å². The van der Waals surface area contributed by atoms with E-state index in [1.54, 1.807) is 23.5 Å². The van der Waals surface area contributed by atoms with Crippen LogP contribution in [0.1, 0.15) is 79.3 Å². The Hall–Kier alpha value is -2.93. The van der Waals surface area contributed by atoms with Gasteiger partial charge in [0.15, 0.2) is 0 Å². The van der Waals surface area contributed by atoms with Crippen LogP contribution in [0.5, 0.6) is 5.75 Å². The Kier molecular flexibility index (Phi) is 8.09. The lowest BCUT2D eigenvalue weighted by Gasteiger charge is -2.33. The minimum absolute atomic E-state index is 0.196. The number of methoxy groups -OCH3 is 1. The molecule has 1 saturated carbocycles. The van der Waals surface area contributed by atoms with Crippen molar-refractivity contribution in [3.8, 4) is 17.0 Å². The summed E-state index contributed by atoms with van der Waals surface area (Å²) in [7, 11) is -3.39. The lowest BCUT2D eigenvalue weighted by molar-refractivity contribution is 0.0979. The minimum atomic E-state index is -4.00. The Morgan fingerprint density at radius 2 is 1.68 bits per heavy atom. The van der Waals surface area contributed by atoms with Gasteiger partial charge >= 0.3 is 10.2 Å². The van der Waals surface area contributed by atoms with E-state index in [1.165, 1.54) is 26.1 Å². The first-order valence-electron chi connectivity index (χ1n) is 15.4. The molecule has 2 fully saturated rings. The molecule has 1 atom stereocenters. The molecule has 10 nitrogen and oxygen atoms in total. The molecule has 2 aromatic carbocycles. The van der Waals surface area contributed by atoms with Crippen molar-refractivity contribution in [2.45, 2.75) is 75.5 Å². The number of rotatable bonds is 7. The molecule has 0 spiro atoms. The summed E-state index contributed by atoms with van der Waals surface area (Å²) < 4.78 is 65.1. The van der Waals surface area contributed by atoms with Crippen molar-refractivity contribution in [3.05, 3.63) is 53.1 Å². The summed E-state index contributed by atoms with van der Waals surface area (Å²) in [4.78, 5) is 13.2. The molecule has 0 radical (unpaired) electrons. The molecule has 1 amide bonds. The van der Waals surface area contributed by atoms with E-state index in [2.05, 4.69) is 9.29 Å². The summed E-state index contributed by atoms with van der Waals surface area (Å²) >= 11 is 0. The van der Waals surface area contributed by atoms with Crippen LogP contribution >= 0.6 is 0 Å². The SMILES string of the molecule is COc1ccc2c(c1)CC(C)(S(=O)(=O)N1CCCC1)Cn1c-2c(C2CCCCC2)c2ccc(C(=O)NS(=O)(=O)N(C)C)cc21. The molecule has 44 heavy (non-hydrogen) atoms. The predicted molar refractivity (Wildman–Crippen MR) is 172 cm³/mol. The third-order valence-corrected chi connectivity index (χ3v) is 13.7. The Balaban J connectivity index is 1.62. The van der Waals surface area contributed by atoms with Gasteiger partial charge in [0.25, 0.3) is 5.91 Å². The fraction of sp³-hybridized carbons (Fsp3) is 0.531. The standard InChI is InChI=1S/C32H42N4O6S2/c1-32(43(38,39)35-16-8-9-17-35)20-24-18-25(42-4)13-15-26(24)30-29(22-10-6-5-7-11-22)27-14-12-23(19-28(27)36(30)21-32)31(37)33-44(40,41)34(2)3/h12-15,18-19,22H,5-11,16-17,20-21H2,1-4H3,(H,33,37). The molecular formula is C32H42N4O6S2. The highest BCUT2D eigenvalue weighted by atomic mass is 32.2. The highest BCUT2D eigenvalue weighted by molar-refractivity contribution is 7.90. The first kappa shape index (κ1) is 31.1. The van der Waals surface area contributed by atoms with Gasteiger partial charge in [0.05, 0.1) is 12.8 Å². The van der Waals surface area contributed by atoms with E-state index in [0.29, 0.717) is 25.3 Å². The number of benzene rings is 2. The number of nitrogens with one attached hydrogen (secondary N) is 1. The van der Waals surface area contributed by atoms with E-state index in [9.17, 15) is 21.6 Å². The zero-order valence-electron chi connectivity index (χ0n) is 25.9. The van der Waals surface area contributed by atoms with Gasteiger partial charge < -0.3 is 9.30 Å². The fourth-order valence-electron chi connectivity index (χ4n) is 7.32. The number of carbonyl (C=O) groups excluding carboxylic acids is 1. The van der Waals surface area contributed by atoms with Gasteiger partial charge in [-0.25, -0.2) is 17.4 Å². The van der Waals surface area contributed by atoms with Crippen LogP contribution in [0.4, 0.5) is 0 Å². The average molecular weight is 643 g/mol. The van der Waals surface area contributed by atoms with Crippen molar-refractivity contribution in [3.63, 3.8) is 0 Å². The quantitative estimate of drug-likeness (QED) is 0.401. The van der Waals surface area contributed by atoms with Gasteiger partial charge in [-0.1, -0.05) is 25.3 Å². The van der Waals surface area contributed by atoms with Crippen LogP contribution < -0.4 is 9.46 Å². The second-order valence-electron chi connectivity index (χ2n) is 12.9. The van der Waals surface area contributed by atoms with E-state index >= 15 is 0 Å². The van der Waals surface area contributed by atoms with Gasteiger partial charge in [-0.3, -0.25) is 4.79 Å². The highest BCUT2D eigenvalue weighted by Crippen LogP contribution is 2.49. The van der Waals surface area contributed by atoms with Crippen molar-refractivity contribution in [1.29, 1.82) is 0 Å². The van der Waals surface area contributed by atoms with Gasteiger partial charge in [0.1, 0.15) is 10.5 Å². The van der Waals surface area contributed by atoms with E-state index in [1.807, 2.05) is 31.2 Å². The van der Waals surface area contributed by atoms with E-state index in [4.69, 9.17) is 4.74 Å². The van der Waals surface area contributed by atoms with Crippen molar-refractivity contribution in [1.82, 2.24) is 17.9 Å². The molecule has 238 valence electrons. The van der Waals surface area contributed by atoms with Crippen LogP contribution in [-0.4, -0.2) is 75.0 Å². The lowest BCUT2D eigenvalue weighted by atomic mass is 9.81. The zero-order valence-corrected chi connectivity index (χ0v) is 27.6. The third kappa shape index (κ3) is 5.23. The molecule has 2 aliphatic heterocycles. The number of hydrogen-bond donors (Lipinski definition) is 1. The molecule has 6 rings (SSSR count). The predicted octanol–water partition coefficient (Wildman–Crippen LogP) is 4.64. The molecule has 1 unspecified atom stereocenters. The van der Waals surface area contributed by atoms with Crippen molar-refractivity contribution in [2.75, 3.05) is 34.3 Å². The summed E-state index contributed by atoms with van der Waals surface area (Å²) in [6.07, 6.45) is 7.50. The largest absolute Gasteiger partial charge is 0.497 e. The molecule has 0 bridgehead atoms. The Morgan fingerprint density at radius 3 is 2.34 bits per heavy atom. The molecular weight excluding hydrogens is 601 g/mol. The first-order chi connectivity index (χ1) is 20.9. The fourth-order valence-corrected chi connectivity index (χ4v) is 9.85. The summed E-state index contributed by atoms with van der Waals surface area (Å²) in [6.45, 7) is 3.06. The van der Waals surface area contributed by atoms with Crippen molar-refractivity contribution in [2.24, 2.45) is 0 Å². The molecule has 3 heterocycles. The van der Waals surface area contributed by atoms with E-state index in [0.717, 1.165) is 70.6 Å². The molecule has 3 aromatic rings. The number of amides is 1. The van der Waals surface area contributed by atoms with Gasteiger partial charge in [-0.2, -0.15) is 12.7 Å². The second kappa shape index (κ2) is 11.5. The van der Waals surface area contributed by atoms with Crippen LogP contribution in [0.15, 0.2) is 36.4 Å². The van der Waals surface area contributed by atoms with E-state index < -0.39 is 30.9 Å². The van der Waals surface area contributed by atoms with Crippen LogP contribution in [0, 0.1) is 0 Å². The number of nitrogens with zero attached hydrogens (tertiary/aromatic N) is 3. The van der Waals surface area contributed by atoms with E-state index in [-0.39, 0.29) is 18.0 Å². The summed E-state index contributed by atoms with van der Waals surface area (Å²) in [5.41, 5.74) is 5.00. The van der Waals surface area contributed by atoms with Gasteiger partial charge in [0, 0.05) is 55.8 Å². The summed E-state index contributed by atoms with van der Waals surface area (Å²) in [5, 5.41) is 0.975. The number of sulfonamides is 1. The number of aromatic nitrogens is 1. The Bertz CT molecular complexity index is 1820. The summed E-state index contributed by atoms with van der Waals surface area (Å²) in [5.74, 6) is 0.224. The lowest BCUT2D eigenvalue weighted by Crippen LogP contribution is -2.49. The average Bonchev–Trinajstić information content (AvgIpc) is 3.62. The Morgan fingerprint density at radius 1 is 0.977 bits per heavy atom. The summed E-state index contributed by atoms with van der Waals surface area (Å²) in [6, 6.07) is 11.2. The normalized spacial score (nSPS) is 21.7. The molecule has 1 aliphatic carbocycles. The maximum absolute atomic E-state index is 14.4. The van der Waals surface area contributed by atoms with Crippen LogP contribution in [0.2, 0.25) is 0 Å². The molecule has 1 aromatic heterocycles. The van der Waals surface area contributed by atoms with Gasteiger partial charge in [-0.15, -0.1) is 0 Å². The molecule has 3 aliphatic rings. The smallest absolute Gasteiger partial charge is 0.303 e. The minimum Gasteiger partial charge on any atom is -0.497 e. The second-order valence-corrected chi connectivity index (χ2v) is 17.2. The molecule has 1 N–H and O–H groups in total. The van der Waals surface area contributed by atoms with Gasteiger partial charge in [-0.05, 0) is 86.4 Å². The maximum atomic E-state index is 14.4. The van der Waals surface area contributed by atoms with Crippen LogP contribution in [-0.2, 0) is 33.2 Å². The van der Waals surface area contributed by atoms with Crippen LogP contribution in [0.3, 0.4) is 0 Å². The van der Waals surface area contributed by atoms with Crippen molar-refractivity contribution < 1.29 is 26.4 Å². The number of carbonyl (C=O) groups is 1. The Labute approximate surface area is 260 Å². The van der Waals surface area contributed by atoms with Gasteiger partial charge in [0.2, 0.25) is 10.0 Å². The molecule has 1 saturated heterocycles.